The Hall–Kier alpha value is -3.91. The minimum Gasteiger partial charge on any atom is -0.135 e. The number of hydrogen-bond acceptors (Lipinski definition) is 1. The molecule has 0 aliphatic heterocycles. The van der Waals surface area contributed by atoms with Crippen LogP contribution in [0, 0.1) is 6.92 Å². The van der Waals surface area contributed by atoms with Crippen molar-refractivity contribution in [3.8, 4) is 33.4 Å². The number of halogens is 1. The molecule has 0 N–H and O–H groups in total. The summed E-state index contributed by atoms with van der Waals surface area (Å²) in [7, 11) is 0. The molecule has 37 heavy (non-hydrogen) atoms. The van der Waals surface area contributed by atoms with Gasteiger partial charge in [-0.15, -0.1) is 11.3 Å². The van der Waals surface area contributed by atoms with Gasteiger partial charge in [0.25, 0.3) is 0 Å². The van der Waals surface area contributed by atoms with Gasteiger partial charge in [-0.2, -0.15) is 0 Å². The zero-order valence-corrected chi connectivity index (χ0v) is 21.9. The van der Waals surface area contributed by atoms with E-state index < -0.39 is 0 Å². The zero-order valence-electron chi connectivity index (χ0n) is 20.3. The van der Waals surface area contributed by atoms with Crippen LogP contribution >= 0.6 is 22.9 Å². The molecule has 0 spiro atoms. The fourth-order valence-electron chi connectivity index (χ4n) is 5.27. The molecule has 0 aliphatic carbocycles. The van der Waals surface area contributed by atoms with Crippen LogP contribution in [0.15, 0.2) is 121 Å². The summed E-state index contributed by atoms with van der Waals surface area (Å²) >= 11 is 8.16. The third-order valence-corrected chi connectivity index (χ3v) is 8.51. The van der Waals surface area contributed by atoms with Gasteiger partial charge in [-0.25, -0.2) is 0 Å². The Morgan fingerprint density at radius 3 is 1.73 bits per heavy atom. The van der Waals surface area contributed by atoms with Gasteiger partial charge in [-0.05, 0) is 99.1 Å². The van der Waals surface area contributed by atoms with Gasteiger partial charge < -0.3 is 0 Å². The molecule has 1 aromatic heterocycles. The first-order valence-corrected chi connectivity index (χ1v) is 13.6. The molecule has 0 aliphatic rings. The van der Waals surface area contributed by atoms with Gasteiger partial charge in [0.15, 0.2) is 0 Å². The van der Waals surface area contributed by atoms with Crippen molar-refractivity contribution >= 4 is 53.9 Å². The lowest BCUT2D eigenvalue weighted by Crippen LogP contribution is -1.84. The Morgan fingerprint density at radius 1 is 0.459 bits per heavy atom. The lowest BCUT2D eigenvalue weighted by molar-refractivity contribution is 1.47. The maximum Gasteiger partial charge on any atom is 0.0414 e. The van der Waals surface area contributed by atoms with Crippen LogP contribution in [-0.4, -0.2) is 0 Å². The standard InChI is InChI=1S/C35H23ClS/c1-22-16-30(20-31(36)17-22)28-13-12-26-18-25(10-11-27(26)19-28)23-6-8-24(9-7-23)29-14-15-35-33(21-29)32-4-2-3-5-34(32)37-35/h2-21H,1H3. The molecule has 0 unspecified atom stereocenters. The summed E-state index contributed by atoms with van der Waals surface area (Å²) in [6.45, 7) is 2.08. The van der Waals surface area contributed by atoms with Crippen LogP contribution in [0.2, 0.25) is 5.02 Å². The molecule has 0 bridgehead atoms. The average Bonchev–Trinajstić information content (AvgIpc) is 3.30. The van der Waals surface area contributed by atoms with Gasteiger partial charge >= 0.3 is 0 Å². The lowest BCUT2D eigenvalue weighted by Gasteiger charge is -2.09. The lowest BCUT2D eigenvalue weighted by atomic mass is 9.96. The first-order valence-electron chi connectivity index (χ1n) is 12.4. The zero-order chi connectivity index (χ0) is 24.9. The van der Waals surface area contributed by atoms with Crippen molar-refractivity contribution in [1.82, 2.24) is 0 Å². The smallest absolute Gasteiger partial charge is 0.0414 e. The van der Waals surface area contributed by atoms with E-state index in [0.717, 1.165) is 10.6 Å². The summed E-state index contributed by atoms with van der Waals surface area (Å²) in [6.07, 6.45) is 0. The van der Waals surface area contributed by atoms with Gasteiger partial charge in [-0.3, -0.25) is 0 Å². The van der Waals surface area contributed by atoms with Crippen molar-refractivity contribution in [2.24, 2.45) is 0 Å². The van der Waals surface area contributed by atoms with Gasteiger partial charge in [0, 0.05) is 25.2 Å². The van der Waals surface area contributed by atoms with Crippen LogP contribution in [0.3, 0.4) is 0 Å². The van der Waals surface area contributed by atoms with Crippen molar-refractivity contribution in [2.75, 3.05) is 0 Å². The van der Waals surface area contributed by atoms with Crippen molar-refractivity contribution < 1.29 is 0 Å². The number of benzene rings is 6. The van der Waals surface area contributed by atoms with Crippen LogP contribution in [0.5, 0.6) is 0 Å². The van der Waals surface area contributed by atoms with Crippen molar-refractivity contribution in [3.05, 3.63) is 132 Å². The molecule has 2 heteroatoms. The quantitative estimate of drug-likeness (QED) is 0.221. The Balaban J connectivity index is 1.21. The molecule has 7 rings (SSSR count). The summed E-state index contributed by atoms with van der Waals surface area (Å²) in [6, 6.07) is 44.0. The molecule has 0 fully saturated rings. The maximum atomic E-state index is 6.30. The topological polar surface area (TPSA) is 0 Å². The van der Waals surface area contributed by atoms with E-state index in [1.165, 1.54) is 64.3 Å². The second-order valence-electron chi connectivity index (χ2n) is 9.68. The third-order valence-electron chi connectivity index (χ3n) is 7.14. The third kappa shape index (κ3) is 4.11. The molecule has 6 aromatic carbocycles. The number of thiophene rings is 1. The molecular weight excluding hydrogens is 488 g/mol. The fourth-order valence-corrected chi connectivity index (χ4v) is 6.64. The molecule has 176 valence electrons. The predicted molar refractivity (Wildman–Crippen MR) is 163 cm³/mol. The van der Waals surface area contributed by atoms with Crippen LogP contribution in [0.4, 0.5) is 0 Å². The monoisotopic (exact) mass is 510 g/mol. The van der Waals surface area contributed by atoms with E-state index in [1.807, 2.05) is 23.5 Å². The van der Waals surface area contributed by atoms with Crippen molar-refractivity contribution in [1.29, 1.82) is 0 Å². The average molecular weight is 511 g/mol. The summed E-state index contributed by atoms with van der Waals surface area (Å²) in [5.74, 6) is 0. The minimum absolute atomic E-state index is 0.775. The molecule has 7 aromatic rings. The van der Waals surface area contributed by atoms with Crippen LogP contribution < -0.4 is 0 Å². The Kier molecular flexibility index (Phi) is 5.35. The first kappa shape index (κ1) is 22.3. The number of aryl methyl sites for hydroxylation is 1. The van der Waals surface area contributed by atoms with E-state index in [1.54, 1.807) is 0 Å². The SMILES string of the molecule is Cc1cc(Cl)cc(-c2ccc3cc(-c4ccc(-c5ccc6sc7ccccc7c6c5)cc4)ccc3c2)c1. The number of hydrogen-bond donors (Lipinski definition) is 0. The number of rotatable bonds is 3. The highest BCUT2D eigenvalue weighted by Crippen LogP contribution is 2.37. The van der Waals surface area contributed by atoms with Gasteiger partial charge in [0.2, 0.25) is 0 Å². The van der Waals surface area contributed by atoms with Crippen LogP contribution in [-0.2, 0) is 0 Å². The Labute approximate surface area is 225 Å². The van der Waals surface area contributed by atoms with E-state index in [2.05, 4.69) is 116 Å². The molecule has 1 heterocycles. The molecule has 0 saturated heterocycles. The minimum atomic E-state index is 0.775. The highest BCUT2D eigenvalue weighted by Gasteiger charge is 2.08. The molecule has 0 radical (unpaired) electrons. The van der Waals surface area contributed by atoms with Crippen molar-refractivity contribution in [2.45, 2.75) is 6.92 Å². The largest absolute Gasteiger partial charge is 0.135 e. The van der Waals surface area contributed by atoms with E-state index >= 15 is 0 Å². The highest BCUT2D eigenvalue weighted by molar-refractivity contribution is 7.25. The second kappa shape index (κ2) is 8.88. The normalized spacial score (nSPS) is 11.5. The highest BCUT2D eigenvalue weighted by atomic mass is 35.5. The molecular formula is C35H23ClS. The van der Waals surface area contributed by atoms with E-state index in [0.29, 0.717) is 0 Å². The van der Waals surface area contributed by atoms with Gasteiger partial charge in [0.05, 0.1) is 0 Å². The predicted octanol–water partition coefficient (Wildman–Crippen LogP) is 11.2. The van der Waals surface area contributed by atoms with Gasteiger partial charge in [-0.1, -0.05) is 90.5 Å². The summed E-state index contributed by atoms with van der Waals surface area (Å²) in [4.78, 5) is 0. The molecule has 0 amide bonds. The van der Waals surface area contributed by atoms with Crippen molar-refractivity contribution in [3.63, 3.8) is 0 Å². The molecule has 0 nitrogen and oxygen atoms in total. The van der Waals surface area contributed by atoms with Gasteiger partial charge in [0.1, 0.15) is 0 Å². The first-order chi connectivity index (χ1) is 18.1. The molecule has 0 atom stereocenters. The van der Waals surface area contributed by atoms with E-state index in [9.17, 15) is 0 Å². The van der Waals surface area contributed by atoms with E-state index in [4.69, 9.17) is 11.6 Å². The summed E-state index contributed by atoms with van der Waals surface area (Å²) in [5.41, 5.74) is 8.45. The summed E-state index contributed by atoms with van der Waals surface area (Å²) < 4.78 is 2.68. The Morgan fingerprint density at radius 2 is 1.03 bits per heavy atom. The maximum absolute atomic E-state index is 6.30. The van der Waals surface area contributed by atoms with Crippen LogP contribution in [0.1, 0.15) is 5.56 Å². The second-order valence-corrected chi connectivity index (χ2v) is 11.2. The fraction of sp³-hybridized carbons (Fsp3) is 0.0286. The summed E-state index contributed by atoms with van der Waals surface area (Å²) in [5, 5.41) is 5.91. The van der Waals surface area contributed by atoms with Crippen LogP contribution in [0.25, 0.3) is 64.3 Å². The Bertz CT molecular complexity index is 1920. The number of fused-ring (bicyclic) bond motifs is 4. The van der Waals surface area contributed by atoms with E-state index in [-0.39, 0.29) is 0 Å². The molecule has 0 saturated carbocycles.